The highest BCUT2D eigenvalue weighted by atomic mass is 19.1. The van der Waals surface area contributed by atoms with Gasteiger partial charge in [-0.3, -0.25) is 9.59 Å². The first-order chi connectivity index (χ1) is 12.0. The van der Waals surface area contributed by atoms with E-state index in [-0.39, 0.29) is 23.9 Å². The van der Waals surface area contributed by atoms with Gasteiger partial charge in [-0.05, 0) is 37.1 Å². The maximum atomic E-state index is 13.3. The van der Waals surface area contributed by atoms with Gasteiger partial charge in [-0.25, -0.2) is 8.78 Å². The van der Waals surface area contributed by atoms with Gasteiger partial charge in [-0.2, -0.15) is 0 Å². The molecule has 1 heterocycles. The van der Waals surface area contributed by atoms with Crippen LogP contribution in [0, 0.1) is 17.6 Å². The van der Waals surface area contributed by atoms with Crippen LogP contribution in [0.15, 0.2) is 48.5 Å². The average Bonchev–Trinajstić information content (AvgIpc) is 2.61. The summed E-state index contributed by atoms with van der Waals surface area (Å²) in [4.78, 5) is 26.4. The third-order valence-electron chi connectivity index (χ3n) is 4.23. The second-order valence-corrected chi connectivity index (χ2v) is 6.10. The molecule has 1 aliphatic rings. The maximum absolute atomic E-state index is 13.3. The van der Waals surface area contributed by atoms with Crippen LogP contribution in [0.1, 0.15) is 23.2 Å². The number of likely N-dealkylation sites (tertiary alicyclic amines) is 1. The van der Waals surface area contributed by atoms with Gasteiger partial charge >= 0.3 is 0 Å². The Morgan fingerprint density at radius 1 is 1.04 bits per heavy atom. The van der Waals surface area contributed by atoms with Gasteiger partial charge < -0.3 is 10.2 Å². The summed E-state index contributed by atoms with van der Waals surface area (Å²) in [6.07, 6.45) is 1.33. The minimum Gasteiger partial charge on any atom is -0.338 e. The molecule has 0 aromatic heterocycles. The highest BCUT2D eigenvalue weighted by molar-refractivity contribution is 5.96. The van der Waals surface area contributed by atoms with E-state index in [9.17, 15) is 18.4 Å². The molecule has 1 N–H and O–H groups in total. The molecule has 1 aliphatic heterocycles. The first-order valence-electron chi connectivity index (χ1n) is 8.14. The molecule has 0 bridgehead atoms. The molecule has 4 nitrogen and oxygen atoms in total. The SMILES string of the molecule is O=C(Nc1ccccc1)C1CCCN(C(=O)c2cc(F)cc(F)c2)C1. The highest BCUT2D eigenvalue weighted by Crippen LogP contribution is 2.21. The van der Waals surface area contributed by atoms with Crippen molar-refractivity contribution in [1.29, 1.82) is 0 Å². The number of amides is 2. The van der Waals surface area contributed by atoms with Gasteiger partial charge in [0.05, 0.1) is 5.92 Å². The number of nitrogens with one attached hydrogen (secondary N) is 1. The van der Waals surface area contributed by atoms with E-state index in [2.05, 4.69) is 5.32 Å². The Bertz CT molecular complexity index is 760. The van der Waals surface area contributed by atoms with E-state index in [0.717, 1.165) is 18.2 Å². The fourth-order valence-electron chi connectivity index (χ4n) is 3.00. The standard InChI is InChI=1S/C19H18F2N2O2/c20-15-9-14(10-16(21)11-15)19(25)23-8-4-5-13(12-23)18(24)22-17-6-2-1-3-7-17/h1-3,6-7,9-11,13H,4-5,8,12H2,(H,22,24). The third-order valence-corrected chi connectivity index (χ3v) is 4.23. The van der Waals surface area contributed by atoms with Crippen molar-refractivity contribution in [1.82, 2.24) is 4.90 Å². The van der Waals surface area contributed by atoms with E-state index in [0.29, 0.717) is 25.1 Å². The molecule has 1 fully saturated rings. The van der Waals surface area contributed by atoms with E-state index in [1.807, 2.05) is 18.2 Å². The van der Waals surface area contributed by atoms with Crippen LogP contribution < -0.4 is 5.32 Å². The number of benzene rings is 2. The smallest absolute Gasteiger partial charge is 0.254 e. The summed E-state index contributed by atoms with van der Waals surface area (Å²) in [6.45, 7) is 0.696. The van der Waals surface area contributed by atoms with E-state index in [4.69, 9.17) is 0 Å². The Morgan fingerprint density at radius 3 is 2.40 bits per heavy atom. The Morgan fingerprint density at radius 2 is 1.72 bits per heavy atom. The Labute approximate surface area is 144 Å². The van der Waals surface area contributed by atoms with E-state index in [1.165, 1.54) is 4.90 Å². The van der Waals surface area contributed by atoms with Crippen molar-refractivity contribution in [2.24, 2.45) is 5.92 Å². The molecule has 6 heteroatoms. The summed E-state index contributed by atoms with van der Waals surface area (Å²) in [5.74, 6) is -2.56. The van der Waals surface area contributed by atoms with Crippen LogP contribution in [-0.4, -0.2) is 29.8 Å². The summed E-state index contributed by atoms with van der Waals surface area (Å²) in [6, 6.07) is 11.8. The van der Waals surface area contributed by atoms with Crippen molar-refractivity contribution in [3.05, 3.63) is 65.7 Å². The van der Waals surface area contributed by atoms with Gasteiger partial charge in [0.1, 0.15) is 11.6 Å². The number of carbonyl (C=O) groups excluding carboxylic acids is 2. The zero-order valence-electron chi connectivity index (χ0n) is 13.5. The van der Waals surface area contributed by atoms with Gasteiger partial charge in [-0.1, -0.05) is 18.2 Å². The molecule has 2 aromatic carbocycles. The monoisotopic (exact) mass is 344 g/mol. The fourth-order valence-corrected chi connectivity index (χ4v) is 3.00. The molecule has 1 unspecified atom stereocenters. The molecule has 0 spiro atoms. The lowest BCUT2D eigenvalue weighted by Crippen LogP contribution is -2.43. The quantitative estimate of drug-likeness (QED) is 0.927. The maximum Gasteiger partial charge on any atom is 0.254 e. The van der Waals surface area contributed by atoms with E-state index in [1.54, 1.807) is 12.1 Å². The van der Waals surface area contributed by atoms with Crippen molar-refractivity contribution in [3.63, 3.8) is 0 Å². The number of carbonyl (C=O) groups is 2. The van der Waals surface area contributed by atoms with Crippen LogP contribution in [0.25, 0.3) is 0 Å². The van der Waals surface area contributed by atoms with Crippen molar-refractivity contribution in [2.75, 3.05) is 18.4 Å². The number of piperidine rings is 1. The summed E-state index contributed by atoms with van der Waals surface area (Å²) in [7, 11) is 0. The molecule has 3 rings (SSSR count). The third kappa shape index (κ3) is 4.21. The molecule has 0 aliphatic carbocycles. The molecule has 1 saturated heterocycles. The number of rotatable bonds is 3. The normalized spacial score (nSPS) is 17.2. The van der Waals surface area contributed by atoms with Crippen LogP contribution >= 0.6 is 0 Å². The topological polar surface area (TPSA) is 49.4 Å². The predicted molar refractivity (Wildman–Crippen MR) is 90.1 cm³/mol. The van der Waals surface area contributed by atoms with E-state index < -0.39 is 17.5 Å². The number of hydrogen-bond donors (Lipinski definition) is 1. The van der Waals surface area contributed by atoms with Crippen LogP contribution in [0.5, 0.6) is 0 Å². The van der Waals surface area contributed by atoms with Gasteiger partial charge in [0.15, 0.2) is 0 Å². The largest absolute Gasteiger partial charge is 0.338 e. The van der Waals surface area contributed by atoms with Crippen molar-refractivity contribution in [2.45, 2.75) is 12.8 Å². The molecular weight excluding hydrogens is 326 g/mol. The Balaban J connectivity index is 1.68. The van der Waals surface area contributed by atoms with Crippen molar-refractivity contribution in [3.8, 4) is 0 Å². The van der Waals surface area contributed by atoms with Crippen LogP contribution in [0.2, 0.25) is 0 Å². The highest BCUT2D eigenvalue weighted by Gasteiger charge is 2.29. The Kier molecular flexibility index (Phi) is 5.07. The number of para-hydroxylation sites is 1. The van der Waals surface area contributed by atoms with Crippen LogP contribution in [0.4, 0.5) is 14.5 Å². The summed E-state index contributed by atoms with van der Waals surface area (Å²) < 4.78 is 26.7. The van der Waals surface area contributed by atoms with Crippen LogP contribution in [0.3, 0.4) is 0 Å². The number of anilines is 1. The zero-order chi connectivity index (χ0) is 17.8. The predicted octanol–water partition coefficient (Wildman–Crippen LogP) is 3.46. The number of halogens is 2. The molecule has 130 valence electrons. The second-order valence-electron chi connectivity index (χ2n) is 6.10. The van der Waals surface area contributed by atoms with E-state index >= 15 is 0 Å². The lowest BCUT2D eigenvalue weighted by molar-refractivity contribution is -0.121. The number of hydrogen-bond acceptors (Lipinski definition) is 2. The molecular formula is C19H18F2N2O2. The second kappa shape index (κ2) is 7.42. The fraction of sp³-hybridized carbons (Fsp3) is 0.263. The first-order valence-corrected chi connectivity index (χ1v) is 8.14. The van der Waals surface area contributed by atoms with Crippen molar-refractivity contribution >= 4 is 17.5 Å². The van der Waals surface area contributed by atoms with Gasteiger partial charge in [0.2, 0.25) is 5.91 Å². The first kappa shape index (κ1) is 17.1. The van der Waals surface area contributed by atoms with Gasteiger partial charge in [0.25, 0.3) is 5.91 Å². The number of nitrogens with zero attached hydrogens (tertiary/aromatic N) is 1. The minimum absolute atomic E-state index is 0.0402. The summed E-state index contributed by atoms with van der Waals surface area (Å²) >= 11 is 0. The minimum atomic E-state index is -0.793. The zero-order valence-corrected chi connectivity index (χ0v) is 13.5. The van der Waals surface area contributed by atoms with Gasteiger partial charge in [0, 0.05) is 30.4 Å². The summed E-state index contributed by atoms with van der Waals surface area (Å²) in [5, 5.41) is 2.83. The molecule has 2 aromatic rings. The van der Waals surface area contributed by atoms with Crippen molar-refractivity contribution < 1.29 is 18.4 Å². The Hall–Kier alpha value is -2.76. The van der Waals surface area contributed by atoms with Gasteiger partial charge in [-0.15, -0.1) is 0 Å². The lowest BCUT2D eigenvalue weighted by Gasteiger charge is -2.32. The molecule has 0 radical (unpaired) electrons. The average molecular weight is 344 g/mol. The molecule has 1 atom stereocenters. The molecule has 0 saturated carbocycles. The molecule has 2 amide bonds. The van der Waals surface area contributed by atoms with Crippen LogP contribution in [-0.2, 0) is 4.79 Å². The summed E-state index contributed by atoms with van der Waals surface area (Å²) in [5.41, 5.74) is 0.657. The molecule has 25 heavy (non-hydrogen) atoms. The lowest BCUT2D eigenvalue weighted by atomic mass is 9.96.